The number of carbonyl (C=O) groups is 3. The van der Waals surface area contributed by atoms with Crippen molar-refractivity contribution in [3.63, 3.8) is 0 Å². The SMILES string of the molecule is CC(=O)OC(C)c1nc2ccccc2c(=O)n1C1CC2(OC1=O)c1ccccc1N1C(=O)C(C)(C)NC12. The number of nitrogens with one attached hydrogen (secondary N) is 1. The Hall–Kier alpha value is -4.05. The molecule has 2 fully saturated rings. The van der Waals surface area contributed by atoms with E-state index in [-0.39, 0.29) is 18.2 Å². The van der Waals surface area contributed by atoms with E-state index in [0.29, 0.717) is 22.2 Å². The summed E-state index contributed by atoms with van der Waals surface area (Å²) in [5.41, 5.74) is -0.718. The molecule has 0 radical (unpaired) electrons. The van der Waals surface area contributed by atoms with Gasteiger partial charge in [0.05, 0.1) is 22.1 Å². The maximum atomic E-state index is 13.8. The molecular weight excluding hydrogens is 476 g/mol. The Morgan fingerprint density at radius 2 is 1.84 bits per heavy atom. The molecule has 3 aromatic rings. The minimum atomic E-state index is -1.21. The van der Waals surface area contributed by atoms with Crippen LogP contribution in [-0.2, 0) is 29.5 Å². The van der Waals surface area contributed by atoms with Crippen LogP contribution < -0.4 is 15.8 Å². The van der Waals surface area contributed by atoms with Crippen LogP contribution in [0.25, 0.3) is 10.9 Å². The van der Waals surface area contributed by atoms with Gasteiger partial charge in [-0.05, 0) is 39.0 Å². The fourth-order valence-electron chi connectivity index (χ4n) is 5.89. The maximum Gasteiger partial charge on any atom is 0.330 e. The molecule has 190 valence electrons. The fraction of sp³-hybridized carbons (Fsp3) is 0.370. The molecule has 0 saturated carbocycles. The van der Waals surface area contributed by atoms with Gasteiger partial charge >= 0.3 is 11.9 Å². The molecule has 37 heavy (non-hydrogen) atoms. The Kier molecular flexibility index (Phi) is 4.87. The molecule has 6 rings (SSSR count). The highest BCUT2D eigenvalue weighted by molar-refractivity contribution is 6.05. The Bertz CT molecular complexity index is 1560. The molecule has 1 aromatic heterocycles. The lowest BCUT2D eigenvalue weighted by molar-refractivity contribution is -0.152. The summed E-state index contributed by atoms with van der Waals surface area (Å²) in [6.45, 7) is 6.45. The van der Waals surface area contributed by atoms with E-state index in [4.69, 9.17) is 9.47 Å². The predicted molar refractivity (Wildman–Crippen MR) is 133 cm³/mol. The summed E-state index contributed by atoms with van der Waals surface area (Å²) in [6.07, 6.45) is -1.45. The van der Waals surface area contributed by atoms with Gasteiger partial charge in [-0.25, -0.2) is 9.78 Å². The highest BCUT2D eigenvalue weighted by atomic mass is 16.6. The third-order valence-corrected chi connectivity index (χ3v) is 7.47. The van der Waals surface area contributed by atoms with E-state index < -0.39 is 46.9 Å². The molecule has 0 bridgehead atoms. The summed E-state index contributed by atoms with van der Waals surface area (Å²) in [4.78, 5) is 58.7. The number of esters is 2. The number of benzene rings is 2. The number of ether oxygens (including phenoxy) is 2. The molecule has 3 aliphatic rings. The summed E-state index contributed by atoms with van der Waals surface area (Å²) < 4.78 is 12.8. The van der Waals surface area contributed by atoms with Crippen LogP contribution >= 0.6 is 0 Å². The average Bonchev–Trinajstić information content (AvgIpc) is 3.41. The van der Waals surface area contributed by atoms with Gasteiger partial charge in [-0.1, -0.05) is 30.3 Å². The monoisotopic (exact) mass is 502 g/mol. The first-order chi connectivity index (χ1) is 17.5. The Morgan fingerprint density at radius 1 is 1.14 bits per heavy atom. The van der Waals surface area contributed by atoms with Crippen LogP contribution in [0.4, 0.5) is 5.69 Å². The predicted octanol–water partition coefficient (Wildman–Crippen LogP) is 2.46. The molecular formula is C27H26N4O6. The lowest BCUT2D eigenvalue weighted by atomic mass is 9.88. The normalized spacial score (nSPS) is 26.3. The Labute approximate surface area is 212 Å². The molecule has 4 atom stereocenters. The van der Waals surface area contributed by atoms with Crippen LogP contribution in [-0.4, -0.2) is 39.1 Å². The molecule has 4 unspecified atom stereocenters. The van der Waals surface area contributed by atoms with Crippen molar-refractivity contribution in [2.75, 3.05) is 4.90 Å². The van der Waals surface area contributed by atoms with Crippen LogP contribution in [0.1, 0.15) is 57.6 Å². The molecule has 1 spiro atoms. The second-order valence-electron chi connectivity index (χ2n) is 10.3. The van der Waals surface area contributed by atoms with Gasteiger partial charge in [-0.3, -0.25) is 29.2 Å². The lowest BCUT2D eigenvalue weighted by Gasteiger charge is -2.31. The topological polar surface area (TPSA) is 120 Å². The third kappa shape index (κ3) is 3.18. The largest absolute Gasteiger partial charge is 0.455 e. The van der Waals surface area contributed by atoms with Crippen molar-refractivity contribution < 1.29 is 23.9 Å². The maximum absolute atomic E-state index is 13.8. The van der Waals surface area contributed by atoms with E-state index in [9.17, 15) is 19.2 Å². The Morgan fingerprint density at radius 3 is 2.59 bits per heavy atom. The molecule has 10 heteroatoms. The number of anilines is 1. The number of rotatable bonds is 3. The van der Waals surface area contributed by atoms with Crippen LogP contribution in [0.2, 0.25) is 0 Å². The second-order valence-corrected chi connectivity index (χ2v) is 10.3. The van der Waals surface area contributed by atoms with Gasteiger partial charge in [0.15, 0.2) is 17.5 Å². The van der Waals surface area contributed by atoms with Gasteiger partial charge in [-0.15, -0.1) is 0 Å². The van der Waals surface area contributed by atoms with Gasteiger partial charge in [0.2, 0.25) is 5.91 Å². The van der Waals surface area contributed by atoms with Crippen LogP contribution in [0.3, 0.4) is 0 Å². The van der Waals surface area contributed by atoms with Crippen molar-refractivity contribution >= 4 is 34.4 Å². The number of hydrogen-bond donors (Lipinski definition) is 1. The highest BCUT2D eigenvalue weighted by Gasteiger charge is 2.66. The molecule has 2 saturated heterocycles. The van der Waals surface area contributed by atoms with Crippen molar-refractivity contribution in [1.29, 1.82) is 0 Å². The number of amides is 1. The van der Waals surface area contributed by atoms with Crippen LogP contribution in [0, 0.1) is 0 Å². The summed E-state index contributed by atoms with van der Waals surface area (Å²) >= 11 is 0. The fourth-order valence-corrected chi connectivity index (χ4v) is 5.89. The minimum absolute atomic E-state index is 0.0834. The first kappa shape index (κ1) is 23.4. The molecule has 3 aliphatic heterocycles. The summed E-state index contributed by atoms with van der Waals surface area (Å²) in [5.74, 6) is -1.14. The van der Waals surface area contributed by atoms with E-state index in [1.807, 2.05) is 24.3 Å². The van der Waals surface area contributed by atoms with Crippen molar-refractivity contribution in [3.05, 3.63) is 70.3 Å². The van der Waals surface area contributed by atoms with Gasteiger partial charge in [0.25, 0.3) is 5.56 Å². The first-order valence-corrected chi connectivity index (χ1v) is 12.2. The van der Waals surface area contributed by atoms with E-state index in [1.165, 1.54) is 11.5 Å². The second kappa shape index (κ2) is 7.72. The minimum Gasteiger partial charge on any atom is -0.455 e. The number of fused-ring (bicyclic) bond motifs is 6. The number of para-hydroxylation sites is 2. The number of nitrogens with zero attached hydrogens (tertiary/aromatic N) is 3. The van der Waals surface area contributed by atoms with E-state index in [1.54, 1.807) is 49.9 Å². The van der Waals surface area contributed by atoms with E-state index >= 15 is 0 Å². The summed E-state index contributed by atoms with van der Waals surface area (Å²) in [5, 5.41) is 3.68. The van der Waals surface area contributed by atoms with Crippen molar-refractivity contribution in [2.24, 2.45) is 0 Å². The standard InChI is InChI=1S/C27H26N4O6/c1-14(36-15(2)32)21-28-18-11-7-5-9-16(18)22(33)30(21)20-13-27(37-23(20)34)17-10-6-8-12-19(17)31-24(27)29-26(3,4)25(31)35/h5-12,14,20,24,29H,13H2,1-4H3. The first-order valence-electron chi connectivity index (χ1n) is 12.2. The number of hydrogen-bond acceptors (Lipinski definition) is 8. The number of carbonyl (C=O) groups excluding carboxylic acids is 3. The smallest absolute Gasteiger partial charge is 0.330 e. The van der Waals surface area contributed by atoms with E-state index in [0.717, 1.165) is 0 Å². The van der Waals surface area contributed by atoms with Crippen LogP contribution in [0.5, 0.6) is 0 Å². The van der Waals surface area contributed by atoms with Gasteiger partial charge in [0.1, 0.15) is 12.2 Å². The van der Waals surface area contributed by atoms with Crippen molar-refractivity contribution in [1.82, 2.24) is 14.9 Å². The molecule has 10 nitrogen and oxygen atoms in total. The highest BCUT2D eigenvalue weighted by Crippen LogP contribution is 2.55. The molecule has 2 aromatic carbocycles. The Balaban J connectivity index is 1.53. The van der Waals surface area contributed by atoms with Crippen LogP contribution in [0.15, 0.2) is 53.3 Å². The third-order valence-electron chi connectivity index (χ3n) is 7.47. The van der Waals surface area contributed by atoms with Gasteiger partial charge in [0, 0.05) is 18.9 Å². The summed E-state index contributed by atoms with van der Waals surface area (Å²) in [7, 11) is 0. The zero-order valence-electron chi connectivity index (χ0n) is 20.8. The molecule has 1 N–H and O–H groups in total. The van der Waals surface area contributed by atoms with Gasteiger partial charge in [-0.2, -0.15) is 0 Å². The van der Waals surface area contributed by atoms with Crippen molar-refractivity contribution in [3.8, 4) is 0 Å². The van der Waals surface area contributed by atoms with E-state index in [2.05, 4.69) is 10.3 Å². The molecule has 0 aliphatic carbocycles. The average molecular weight is 503 g/mol. The zero-order valence-corrected chi connectivity index (χ0v) is 20.8. The lowest BCUT2D eigenvalue weighted by Crippen LogP contribution is -2.51. The van der Waals surface area contributed by atoms with Gasteiger partial charge < -0.3 is 9.47 Å². The van der Waals surface area contributed by atoms with Crippen molar-refractivity contribution in [2.45, 2.75) is 63.6 Å². The zero-order chi connectivity index (χ0) is 26.3. The molecule has 4 heterocycles. The molecule has 1 amide bonds. The number of aromatic nitrogens is 2. The quantitative estimate of drug-likeness (QED) is 0.543. The summed E-state index contributed by atoms with van der Waals surface area (Å²) in [6, 6.07) is 13.1.